The monoisotopic (exact) mass is 232 g/mol. The molecule has 1 aliphatic carbocycles. The van der Waals surface area contributed by atoms with E-state index in [2.05, 4.69) is 10.6 Å². The molecule has 1 aliphatic rings. The SMILES string of the molecule is C[C@H](NC(=O)CCNC1CC1)c1ccccc1. The van der Waals surface area contributed by atoms with E-state index in [4.69, 9.17) is 0 Å². The average molecular weight is 232 g/mol. The van der Waals surface area contributed by atoms with Gasteiger partial charge < -0.3 is 10.6 Å². The summed E-state index contributed by atoms with van der Waals surface area (Å²) in [6.45, 7) is 2.81. The van der Waals surface area contributed by atoms with Crippen LogP contribution < -0.4 is 10.6 Å². The van der Waals surface area contributed by atoms with Gasteiger partial charge in [-0.25, -0.2) is 0 Å². The molecule has 0 unspecified atom stereocenters. The molecule has 1 fully saturated rings. The first-order valence-corrected chi connectivity index (χ1v) is 6.33. The van der Waals surface area contributed by atoms with Crippen molar-refractivity contribution in [3.8, 4) is 0 Å². The Balaban J connectivity index is 1.69. The Morgan fingerprint density at radius 2 is 2.06 bits per heavy atom. The first-order valence-electron chi connectivity index (χ1n) is 6.33. The molecule has 92 valence electrons. The molecule has 17 heavy (non-hydrogen) atoms. The first kappa shape index (κ1) is 12.1. The van der Waals surface area contributed by atoms with Gasteiger partial charge in [-0.1, -0.05) is 30.3 Å². The lowest BCUT2D eigenvalue weighted by molar-refractivity contribution is -0.121. The zero-order valence-corrected chi connectivity index (χ0v) is 10.3. The first-order chi connectivity index (χ1) is 8.25. The van der Waals surface area contributed by atoms with Crippen LogP contribution in [0, 0.1) is 0 Å². The van der Waals surface area contributed by atoms with E-state index in [1.807, 2.05) is 37.3 Å². The Morgan fingerprint density at radius 1 is 1.35 bits per heavy atom. The molecule has 2 N–H and O–H groups in total. The smallest absolute Gasteiger partial charge is 0.221 e. The van der Waals surface area contributed by atoms with Crippen LogP contribution in [0.3, 0.4) is 0 Å². The van der Waals surface area contributed by atoms with Crippen LogP contribution in [0.4, 0.5) is 0 Å². The van der Waals surface area contributed by atoms with E-state index in [-0.39, 0.29) is 11.9 Å². The molecule has 1 aromatic rings. The van der Waals surface area contributed by atoms with Gasteiger partial charge in [0.1, 0.15) is 0 Å². The van der Waals surface area contributed by atoms with Crippen molar-refractivity contribution in [1.29, 1.82) is 0 Å². The molecule has 3 nitrogen and oxygen atoms in total. The molecule has 1 saturated carbocycles. The van der Waals surface area contributed by atoms with E-state index in [0.29, 0.717) is 12.5 Å². The second-order valence-electron chi connectivity index (χ2n) is 4.68. The Kier molecular flexibility index (Phi) is 4.15. The number of hydrogen-bond donors (Lipinski definition) is 2. The van der Waals surface area contributed by atoms with Crippen molar-refractivity contribution in [2.75, 3.05) is 6.54 Å². The molecule has 0 radical (unpaired) electrons. The molecule has 0 bridgehead atoms. The summed E-state index contributed by atoms with van der Waals surface area (Å²) in [7, 11) is 0. The molecule has 0 heterocycles. The van der Waals surface area contributed by atoms with Gasteiger partial charge in [0.05, 0.1) is 6.04 Å². The van der Waals surface area contributed by atoms with Gasteiger partial charge in [0, 0.05) is 19.0 Å². The minimum Gasteiger partial charge on any atom is -0.350 e. The van der Waals surface area contributed by atoms with Crippen LogP contribution in [0.2, 0.25) is 0 Å². The summed E-state index contributed by atoms with van der Waals surface area (Å²) >= 11 is 0. The predicted molar refractivity (Wildman–Crippen MR) is 68.6 cm³/mol. The van der Waals surface area contributed by atoms with Crippen molar-refractivity contribution in [1.82, 2.24) is 10.6 Å². The van der Waals surface area contributed by atoms with Crippen molar-refractivity contribution in [2.45, 2.75) is 38.3 Å². The van der Waals surface area contributed by atoms with Crippen LogP contribution in [0.15, 0.2) is 30.3 Å². The average Bonchev–Trinajstić information content (AvgIpc) is 3.14. The number of benzene rings is 1. The quantitative estimate of drug-likeness (QED) is 0.787. The largest absolute Gasteiger partial charge is 0.350 e. The van der Waals surface area contributed by atoms with Gasteiger partial charge in [-0.2, -0.15) is 0 Å². The van der Waals surface area contributed by atoms with Crippen LogP contribution >= 0.6 is 0 Å². The van der Waals surface area contributed by atoms with Crippen LogP contribution in [0.25, 0.3) is 0 Å². The summed E-state index contributed by atoms with van der Waals surface area (Å²) in [5.74, 6) is 0.120. The number of nitrogens with one attached hydrogen (secondary N) is 2. The van der Waals surface area contributed by atoms with Crippen molar-refractivity contribution in [2.24, 2.45) is 0 Å². The van der Waals surface area contributed by atoms with Crippen LogP contribution in [0.1, 0.15) is 37.8 Å². The van der Waals surface area contributed by atoms with Crippen molar-refractivity contribution >= 4 is 5.91 Å². The fraction of sp³-hybridized carbons (Fsp3) is 0.500. The van der Waals surface area contributed by atoms with Crippen LogP contribution in [-0.4, -0.2) is 18.5 Å². The van der Waals surface area contributed by atoms with Crippen LogP contribution in [-0.2, 0) is 4.79 Å². The Labute approximate surface area is 103 Å². The minimum absolute atomic E-state index is 0.0876. The third-order valence-corrected chi connectivity index (χ3v) is 3.04. The number of carbonyl (C=O) groups is 1. The van der Waals surface area contributed by atoms with E-state index in [9.17, 15) is 4.79 Å². The highest BCUT2D eigenvalue weighted by Crippen LogP contribution is 2.18. The molecule has 1 amide bonds. The lowest BCUT2D eigenvalue weighted by Crippen LogP contribution is -2.30. The second kappa shape index (κ2) is 5.82. The third-order valence-electron chi connectivity index (χ3n) is 3.04. The summed E-state index contributed by atoms with van der Waals surface area (Å²) in [5.41, 5.74) is 1.15. The van der Waals surface area contributed by atoms with Gasteiger partial charge >= 0.3 is 0 Å². The van der Waals surface area contributed by atoms with Gasteiger partial charge in [-0.05, 0) is 25.3 Å². The molecule has 2 rings (SSSR count). The number of hydrogen-bond acceptors (Lipinski definition) is 2. The van der Waals surface area contributed by atoms with E-state index in [1.54, 1.807) is 0 Å². The van der Waals surface area contributed by atoms with E-state index < -0.39 is 0 Å². The summed E-state index contributed by atoms with van der Waals surface area (Å²) in [6.07, 6.45) is 3.09. The highest BCUT2D eigenvalue weighted by molar-refractivity contribution is 5.76. The zero-order valence-electron chi connectivity index (χ0n) is 10.3. The van der Waals surface area contributed by atoms with Crippen LogP contribution in [0.5, 0.6) is 0 Å². The maximum Gasteiger partial charge on any atom is 0.221 e. The highest BCUT2D eigenvalue weighted by atomic mass is 16.1. The summed E-state index contributed by atoms with van der Waals surface area (Å²) in [4.78, 5) is 11.7. The van der Waals surface area contributed by atoms with E-state index >= 15 is 0 Å². The van der Waals surface area contributed by atoms with Gasteiger partial charge in [0.25, 0.3) is 0 Å². The van der Waals surface area contributed by atoms with Crippen molar-refractivity contribution in [3.63, 3.8) is 0 Å². The third kappa shape index (κ3) is 4.19. The normalized spacial score (nSPS) is 16.5. The fourth-order valence-electron chi connectivity index (χ4n) is 1.82. The molecule has 0 saturated heterocycles. The predicted octanol–water partition coefficient (Wildman–Crippen LogP) is 2.01. The van der Waals surface area contributed by atoms with Crippen molar-refractivity contribution < 1.29 is 4.79 Å². The Hall–Kier alpha value is -1.35. The number of carbonyl (C=O) groups excluding carboxylic acids is 1. The molecular formula is C14H20N2O. The van der Waals surface area contributed by atoms with Gasteiger partial charge in [0.15, 0.2) is 0 Å². The number of rotatable bonds is 6. The van der Waals surface area contributed by atoms with Crippen molar-refractivity contribution in [3.05, 3.63) is 35.9 Å². The van der Waals surface area contributed by atoms with E-state index in [1.165, 1.54) is 12.8 Å². The van der Waals surface area contributed by atoms with E-state index in [0.717, 1.165) is 12.1 Å². The molecule has 0 aromatic heterocycles. The zero-order chi connectivity index (χ0) is 12.1. The topological polar surface area (TPSA) is 41.1 Å². The highest BCUT2D eigenvalue weighted by Gasteiger charge is 2.20. The van der Waals surface area contributed by atoms with Gasteiger partial charge in [0.2, 0.25) is 5.91 Å². The maximum atomic E-state index is 11.7. The number of amides is 1. The summed E-state index contributed by atoms with van der Waals surface area (Å²) in [6, 6.07) is 10.8. The fourth-order valence-corrected chi connectivity index (χ4v) is 1.82. The molecule has 0 aliphatic heterocycles. The second-order valence-corrected chi connectivity index (χ2v) is 4.68. The summed E-state index contributed by atoms with van der Waals surface area (Å²) in [5, 5.41) is 6.35. The molecular weight excluding hydrogens is 212 g/mol. The molecule has 0 spiro atoms. The minimum atomic E-state index is 0.0876. The molecule has 3 heteroatoms. The molecule has 1 atom stereocenters. The Bertz CT molecular complexity index is 360. The molecule has 1 aromatic carbocycles. The Morgan fingerprint density at radius 3 is 2.71 bits per heavy atom. The maximum absolute atomic E-state index is 11.7. The van der Waals surface area contributed by atoms with Gasteiger partial charge in [-0.3, -0.25) is 4.79 Å². The lowest BCUT2D eigenvalue weighted by Gasteiger charge is -2.14. The standard InChI is InChI=1S/C14H20N2O/c1-11(12-5-3-2-4-6-12)16-14(17)9-10-15-13-7-8-13/h2-6,11,13,15H,7-10H2,1H3,(H,16,17)/t11-/m0/s1. The summed E-state index contributed by atoms with van der Waals surface area (Å²) < 4.78 is 0. The van der Waals surface area contributed by atoms with Gasteiger partial charge in [-0.15, -0.1) is 0 Å². The lowest BCUT2D eigenvalue weighted by atomic mass is 10.1.